The van der Waals surface area contributed by atoms with Gasteiger partial charge in [-0.15, -0.1) is 0 Å². The van der Waals surface area contributed by atoms with Crippen molar-refractivity contribution in [3.8, 4) is 11.3 Å². The Hall–Kier alpha value is -2.54. The fraction of sp³-hybridized carbons (Fsp3) is 0.167. The average molecular weight is 400 g/mol. The van der Waals surface area contributed by atoms with Crippen molar-refractivity contribution < 1.29 is 4.39 Å². The third kappa shape index (κ3) is 3.93. The molecule has 0 amide bonds. The van der Waals surface area contributed by atoms with Crippen LogP contribution in [-0.4, -0.2) is 21.0 Å². The molecule has 25 heavy (non-hydrogen) atoms. The zero-order valence-corrected chi connectivity index (χ0v) is 14.8. The highest BCUT2D eigenvalue weighted by atomic mass is 79.9. The third-order valence-electron chi connectivity index (χ3n) is 3.81. The molecule has 0 atom stereocenters. The van der Waals surface area contributed by atoms with E-state index in [0.29, 0.717) is 28.0 Å². The first-order valence-electron chi connectivity index (χ1n) is 7.95. The molecular formula is C18H15BrFN5. The number of halogens is 2. The summed E-state index contributed by atoms with van der Waals surface area (Å²) in [5.74, 6) is 0.721. The van der Waals surface area contributed by atoms with Gasteiger partial charge in [-0.2, -0.15) is 4.98 Å². The summed E-state index contributed by atoms with van der Waals surface area (Å²) in [5.41, 5.74) is 2.04. The lowest BCUT2D eigenvalue weighted by molar-refractivity contribution is 0.631. The van der Waals surface area contributed by atoms with Gasteiger partial charge in [0.1, 0.15) is 11.6 Å². The minimum Gasteiger partial charge on any atom is -0.351 e. The highest BCUT2D eigenvalue weighted by Crippen LogP contribution is 2.28. The smallest absolute Gasteiger partial charge is 0.225 e. The molecule has 126 valence electrons. The first-order chi connectivity index (χ1) is 12.2. The van der Waals surface area contributed by atoms with Crippen LogP contribution in [0, 0.1) is 5.82 Å². The summed E-state index contributed by atoms with van der Waals surface area (Å²) in [5, 5.41) is 6.34. The van der Waals surface area contributed by atoms with Crippen molar-refractivity contribution in [2.45, 2.75) is 18.9 Å². The number of anilines is 3. The van der Waals surface area contributed by atoms with Crippen LogP contribution < -0.4 is 10.6 Å². The molecule has 0 unspecified atom stereocenters. The van der Waals surface area contributed by atoms with Crippen LogP contribution in [0.1, 0.15) is 12.8 Å². The lowest BCUT2D eigenvalue weighted by Gasteiger charge is -2.12. The van der Waals surface area contributed by atoms with Crippen LogP contribution in [0.15, 0.2) is 53.3 Å². The zero-order valence-electron chi connectivity index (χ0n) is 13.2. The molecule has 1 aliphatic rings. The standard InChI is InChI=1S/C18H15BrFN5/c19-12-1-4-15(14(20)9-12)23-17-10-16(11-5-7-21-8-6-11)24-18(25-17)22-13-2-3-13/h1,4-10,13H,2-3H2,(H2,22,23,24,25). The Morgan fingerprint density at radius 3 is 2.56 bits per heavy atom. The predicted molar refractivity (Wildman–Crippen MR) is 99.3 cm³/mol. The second kappa shape index (κ2) is 6.76. The van der Waals surface area contributed by atoms with Crippen molar-refractivity contribution in [3.63, 3.8) is 0 Å². The van der Waals surface area contributed by atoms with E-state index in [1.54, 1.807) is 30.6 Å². The Morgan fingerprint density at radius 1 is 1.04 bits per heavy atom. The van der Waals surface area contributed by atoms with Gasteiger partial charge in [0, 0.05) is 34.5 Å². The van der Waals surface area contributed by atoms with Gasteiger partial charge in [-0.05, 0) is 43.2 Å². The second-order valence-corrected chi connectivity index (χ2v) is 6.78. The fourth-order valence-electron chi connectivity index (χ4n) is 2.39. The molecule has 0 aliphatic heterocycles. The maximum Gasteiger partial charge on any atom is 0.225 e. The molecule has 1 aliphatic carbocycles. The van der Waals surface area contributed by atoms with Gasteiger partial charge in [-0.3, -0.25) is 4.98 Å². The Kier molecular flexibility index (Phi) is 4.31. The minimum absolute atomic E-state index is 0.352. The summed E-state index contributed by atoms with van der Waals surface area (Å²) >= 11 is 3.26. The predicted octanol–water partition coefficient (Wildman–Crippen LogP) is 4.76. The van der Waals surface area contributed by atoms with E-state index < -0.39 is 0 Å². The van der Waals surface area contributed by atoms with Crippen LogP contribution in [0.3, 0.4) is 0 Å². The highest BCUT2D eigenvalue weighted by Gasteiger charge is 2.22. The van der Waals surface area contributed by atoms with E-state index in [9.17, 15) is 4.39 Å². The number of nitrogens with one attached hydrogen (secondary N) is 2. The number of nitrogens with zero attached hydrogens (tertiary/aromatic N) is 3. The van der Waals surface area contributed by atoms with Gasteiger partial charge >= 0.3 is 0 Å². The number of pyridine rings is 1. The molecule has 1 saturated carbocycles. The Morgan fingerprint density at radius 2 is 1.84 bits per heavy atom. The van der Waals surface area contributed by atoms with Crippen molar-refractivity contribution >= 4 is 33.4 Å². The molecule has 3 aromatic rings. The van der Waals surface area contributed by atoms with Crippen molar-refractivity contribution in [2.24, 2.45) is 0 Å². The molecule has 7 heteroatoms. The molecule has 1 aromatic carbocycles. The molecule has 2 heterocycles. The summed E-state index contributed by atoms with van der Waals surface area (Å²) in [4.78, 5) is 13.1. The molecule has 1 fully saturated rings. The first-order valence-corrected chi connectivity index (χ1v) is 8.75. The van der Waals surface area contributed by atoms with E-state index in [1.165, 1.54) is 6.07 Å². The van der Waals surface area contributed by atoms with E-state index in [-0.39, 0.29) is 5.82 Å². The van der Waals surface area contributed by atoms with Crippen LogP contribution in [0.4, 0.5) is 21.8 Å². The topological polar surface area (TPSA) is 62.7 Å². The van der Waals surface area contributed by atoms with E-state index in [2.05, 4.69) is 41.5 Å². The molecule has 2 N–H and O–H groups in total. The number of benzene rings is 1. The largest absolute Gasteiger partial charge is 0.351 e. The van der Waals surface area contributed by atoms with Gasteiger partial charge in [0.05, 0.1) is 11.4 Å². The van der Waals surface area contributed by atoms with Crippen molar-refractivity contribution in [2.75, 3.05) is 10.6 Å². The quantitative estimate of drug-likeness (QED) is 0.647. The van der Waals surface area contributed by atoms with Gasteiger partial charge in [0.15, 0.2) is 0 Å². The van der Waals surface area contributed by atoms with Gasteiger partial charge in [-0.1, -0.05) is 15.9 Å². The van der Waals surface area contributed by atoms with E-state index in [0.717, 1.165) is 24.1 Å². The maximum absolute atomic E-state index is 14.1. The molecule has 0 radical (unpaired) electrons. The minimum atomic E-state index is -0.352. The highest BCUT2D eigenvalue weighted by molar-refractivity contribution is 9.10. The van der Waals surface area contributed by atoms with E-state index in [4.69, 9.17) is 0 Å². The SMILES string of the molecule is Fc1cc(Br)ccc1Nc1cc(-c2ccncc2)nc(NC2CC2)n1. The normalized spacial score (nSPS) is 13.5. The summed E-state index contributed by atoms with van der Waals surface area (Å²) in [7, 11) is 0. The second-order valence-electron chi connectivity index (χ2n) is 5.87. The summed E-state index contributed by atoms with van der Waals surface area (Å²) in [6.45, 7) is 0. The molecule has 5 nitrogen and oxygen atoms in total. The monoisotopic (exact) mass is 399 g/mol. The van der Waals surface area contributed by atoms with Gasteiger partial charge in [0.2, 0.25) is 5.95 Å². The maximum atomic E-state index is 14.1. The lowest BCUT2D eigenvalue weighted by atomic mass is 10.2. The lowest BCUT2D eigenvalue weighted by Crippen LogP contribution is -2.08. The summed E-state index contributed by atoms with van der Waals surface area (Å²) in [6.07, 6.45) is 5.67. The van der Waals surface area contributed by atoms with Gasteiger partial charge < -0.3 is 10.6 Å². The van der Waals surface area contributed by atoms with Crippen LogP contribution >= 0.6 is 15.9 Å². The van der Waals surface area contributed by atoms with Crippen molar-refractivity contribution in [1.29, 1.82) is 0 Å². The Bertz CT molecular complexity index is 899. The molecular weight excluding hydrogens is 385 g/mol. The van der Waals surface area contributed by atoms with Crippen molar-refractivity contribution in [3.05, 3.63) is 59.1 Å². The van der Waals surface area contributed by atoms with Crippen LogP contribution in [0.2, 0.25) is 0 Å². The Balaban J connectivity index is 1.70. The molecule has 4 rings (SSSR count). The van der Waals surface area contributed by atoms with Crippen LogP contribution in [-0.2, 0) is 0 Å². The first kappa shape index (κ1) is 16.0. The molecule has 0 spiro atoms. The van der Waals surface area contributed by atoms with Crippen LogP contribution in [0.5, 0.6) is 0 Å². The van der Waals surface area contributed by atoms with E-state index in [1.807, 2.05) is 12.1 Å². The third-order valence-corrected chi connectivity index (χ3v) is 4.30. The van der Waals surface area contributed by atoms with Gasteiger partial charge in [0.25, 0.3) is 0 Å². The fourth-order valence-corrected chi connectivity index (χ4v) is 2.72. The van der Waals surface area contributed by atoms with Crippen molar-refractivity contribution in [1.82, 2.24) is 15.0 Å². The number of aromatic nitrogens is 3. The van der Waals surface area contributed by atoms with Gasteiger partial charge in [-0.25, -0.2) is 9.37 Å². The zero-order chi connectivity index (χ0) is 17.2. The number of hydrogen-bond acceptors (Lipinski definition) is 5. The summed E-state index contributed by atoms with van der Waals surface area (Å²) in [6, 6.07) is 10.8. The van der Waals surface area contributed by atoms with E-state index >= 15 is 0 Å². The Labute approximate surface area is 152 Å². The van der Waals surface area contributed by atoms with Crippen LogP contribution in [0.25, 0.3) is 11.3 Å². The average Bonchev–Trinajstić information content (AvgIpc) is 3.42. The summed E-state index contributed by atoms with van der Waals surface area (Å²) < 4.78 is 14.8. The number of hydrogen-bond donors (Lipinski definition) is 2. The molecule has 0 bridgehead atoms. The number of rotatable bonds is 5. The molecule has 0 saturated heterocycles. The molecule has 2 aromatic heterocycles.